The third-order valence-corrected chi connectivity index (χ3v) is 4.70. The summed E-state index contributed by atoms with van der Waals surface area (Å²) >= 11 is 0. The van der Waals surface area contributed by atoms with Gasteiger partial charge in [-0.25, -0.2) is 4.79 Å². The van der Waals surface area contributed by atoms with E-state index in [4.69, 9.17) is 4.74 Å². The third-order valence-electron chi connectivity index (χ3n) is 4.70. The Balaban J connectivity index is 1.43. The van der Waals surface area contributed by atoms with Gasteiger partial charge in [0, 0.05) is 45.8 Å². The van der Waals surface area contributed by atoms with Crippen molar-refractivity contribution in [2.45, 2.75) is 25.9 Å². The molecule has 0 saturated carbocycles. The van der Waals surface area contributed by atoms with Gasteiger partial charge in [0.1, 0.15) is 6.61 Å². The second kappa shape index (κ2) is 9.21. The molecule has 2 amide bonds. The number of nitrogens with zero attached hydrogens (tertiary/aromatic N) is 4. The lowest BCUT2D eigenvalue weighted by Crippen LogP contribution is -2.37. The van der Waals surface area contributed by atoms with Gasteiger partial charge < -0.3 is 14.5 Å². The van der Waals surface area contributed by atoms with E-state index in [1.54, 1.807) is 15.8 Å². The highest BCUT2D eigenvalue weighted by atomic mass is 16.6. The van der Waals surface area contributed by atoms with Crippen LogP contribution in [0.4, 0.5) is 4.79 Å². The SMILES string of the molecule is Cn1cc(CCC(=O)N2CCCN(C(=O)OCc3ccccc3)CC2)cn1. The molecule has 7 heteroatoms. The monoisotopic (exact) mass is 370 g/mol. The van der Waals surface area contributed by atoms with Crippen LogP contribution in [0.1, 0.15) is 24.0 Å². The summed E-state index contributed by atoms with van der Waals surface area (Å²) in [6.07, 6.45) is 5.32. The molecule has 1 aliphatic rings. The molecule has 1 fully saturated rings. The Morgan fingerprint density at radius 2 is 1.78 bits per heavy atom. The second-order valence-electron chi connectivity index (χ2n) is 6.78. The average molecular weight is 370 g/mol. The number of ether oxygens (including phenoxy) is 1. The predicted octanol–water partition coefficient (Wildman–Crippen LogP) is 2.22. The Labute approximate surface area is 159 Å². The zero-order valence-electron chi connectivity index (χ0n) is 15.7. The standard InChI is InChI=1S/C20H26N4O3/c1-22-15-18(14-21-22)8-9-19(25)23-10-5-11-24(13-12-23)20(26)27-16-17-6-3-2-4-7-17/h2-4,6-7,14-15H,5,8-13,16H2,1H3. The zero-order chi connectivity index (χ0) is 19.1. The van der Waals surface area contributed by atoms with Crippen LogP contribution < -0.4 is 0 Å². The number of aromatic nitrogens is 2. The summed E-state index contributed by atoms with van der Waals surface area (Å²) in [7, 11) is 1.87. The Morgan fingerprint density at radius 1 is 1.04 bits per heavy atom. The summed E-state index contributed by atoms with van der Waals surface area (Å²) in [4.78, 5) is 28.3. The first kappa shape index (κ1) is 18.9. The molecule has 0 unspecified atom stereocenters. The Hall–Kier alpha value is -2.83. The van der Waals surface area contributed by atoms with Crippen LogP contribution in [0.15, 0.2) is 42.7 Å². The van der Waals surface area contributed by atoms with Gasteiger partial charge >= 0.3 is 6.09 Å². The fourth-order valence-electron chi connectivity index (χ4n) is 3.17. The Bertz CT molecular complexity index is 760. The van der Waals surface area contributed by atoms with Crippen LogP contribution in [-0.4, -0.2) is 57.8 Å². The molecule has 1 aromatic heterocycles. The minimum absolute atomic E-state index is 0.123. The number of hydrogen-bond acceptors (Lipinski definition) is 4. The van der Waals surface area contributed by atoms with Crippen LogP contribution in [0, 0.1) is 0 Å². The van der Waals surface area contributed by atoms with Crippen molar-refractivity contribution >= 4 is 12.0 Å². The summed E-state index contributed by atoms with van der Waals surface area (Å²) in [5.41, 5.74) is 2.03. The van der Waals surface area contributed by atoms with Crippen LogP contribution in [0.2, 0.25) is 0 Å². The minimum Gasteiger partial charge on any atom is -0.445 e. The highest BCUT2D eigenvalue weighted by Gasteiger charge is 2.22. The molecule has 144 valence electrons. The average Bonchev–Trinajstić information content (AvgIpc) is 2.95. The molecule has 1 saturated heterocycles. The largest absolute Gasteiger partial charge is 0.445 e. The maximum atomic E-state index is 12.5. The molecule has 1 aliphatic heterocycles. The van der Waals surface area contributed by atoms with Crippen LogP contribution in [0.3, 0.4) is 0 Å². The van der Waals surface area contributed by atoms with Crippen molar-refractivity contribution in [3.05, 3.63) is 53.9 Å². The molecule has 0 atom stereocenters. The molecule has 0 radical (unpaired) electrons. The van der Waals surface area contributed by atoms with Gasteiger partial charge in [0.25, 0.3) is 0 Å². The molecule has 0 spiro atoms. The summed E-state index contributed by atoms with van der Waals surface area (Å²) in [5, 5.41) is 4.12. The van der Waals surface area contributed by atoms with Gasteiger partial charge in [-0.05, 0) is 24.0 Å². The maximum absolute atomic E-state index is 12.5. The van der Waals surface area contributed by atoms with E-state index in [0.717, 1.165) is 17.5 Å². The van der Waals surface area contributed by atoms with E-state index in [0.29, 0.717) is 39.0 Å². The number of hydrogen-bond donors (Lipinski definition) is 0. The first-order valence-electron chi connectivity index (χ1n) is 9.33. The van der Waals surface area contributed by atoms with Gasteiger partial charge in [0.15, 0.2) is 0 Å². The third kappa shape index (κ3) is 5.57. The van der Waals surface area contributed by atoms with Crippen LogP contribution in [0.25, 0.3) is 0 Å². The van der Waals surface area contributed by atoms with E-state index < -0.39 is 0 Å². The van der Waals surface area contributed by atoms with Gasteiger partial charge in [-0.15, -0.1) is 0 Å². The first-order chi connectivity index (χ1) is 13.1. The van der Waals surface area contributed by atoms with E-state index >= 15 is 0 Å². The van der Waals surface area contributed by atoms with Gasteiger partial charge in [0.05, 0.1) is 6.20 Å². The van der Waals surface area contributed by atoms with Crippen LogP contribution in [-0.2, 0) is 29.6 Å². The Morgan fingerprint density at radius 3 is 2.52 bits per heavy atom. The number of carbonyl (C=O) groups excluding carboxylic acids is 2. The molecule has 0 N–H and O–H groups in total. The number of aryl methyl sites for hydroxylation is 2. The van der Waals surface area contributed by atoms with Gasteiger partial charge in [-0.3, -0.25) is 9.48 Å². The van der Waals surface area contributed by atoms with E-state index in [9.17, 15) is 9.59 Å². The highest BCUT2D eigenvalue weighted by molar-refractivity contribution is 5.76. The number of carbonyl (C=O) groups is 2. The highest BCUT2D eigenvalue weighted by Crippen LogP contribution is 2.10. The van der Waals surface area contributed by atoms with Crippen molar-refractivity contribution in [3.63, 3.8) is 0 Å². The van der Waals surface area contributed by atoms with E-state index in [-0.39, 0.29) is 18.6 Å². The van der Waals surface area contributed by atoms with Crippen molar-refractivity contribution in [1.29, 1.82) is 0 Å². The lowest BCUT2D eigenvalue weighted by molar-refractivity contribution is -0.131. The smallest absolute Gasteiger partial charge is 0.410 e. The van der Waals surface area contributed by atoms with E-state index in [1.165, 1.54) is 0 Å². The van der Waals surface area contributed by atoms with E-state index in [2.05, 4.69) is 5.10 Å². The molecule has 0 bridgehead atoms. The molecule has 3 rings (SSSR count). The maximum Gasteiger partial charge on any atom is 0.410 e. The molecular formula is C20H26N4O3. The Kier molecular flexibility index (Phi) is 6.46. The minimum atomic E-state index is -0.316. The molecular weight excluding hydrogens is 344 g/mol. The lowest BCUT2D eigenvalue weighted by Gasteiger charge is -2.22. The van der Waals surface area contributed by atoms with Gasteiger partial charge in [-0.2, -0.15) is 5.10 Å². The normalized spacial score (nSPS) is 14.7. The molecule has 0 aliphatic carbocycles. The summed E-state index contributed by atoms with van der Waals surface area (Å²) in [6, 6.07) is 9.63. The van der Waals surface area contributed by atoms with Gasteiger partial charge in [-0.1, -0.05) is 30.3 Å². The molecule has 1 aromatic carbocycles. The summed E-state index contributed by atoms with van der Waals surface area (Å²) < 4.78 is 7.14. The topological polar surface area (TPSA) is 67.7 Å². The van der Waals surface area contributed by atoms with Crippen molar-refractivity contribution in [2.75, 3.05) is 26.2 Å². The van der Waals surface area contributed by atoms with Crippen molar-refractivity contribution in [1.82, 2.24) is 19.6 Å². The van der Waals surface area contributed by atoms with Gasteiger partial charge in [0.2, 0.25) is 5.91 Å². The van der Waals surface area contributed by atoms with Crippen LogP contribution in [0.5, 0.6) is 0 Å². The fourth-order valence-corrected chi connectivity index (χ4v) is 3.17. The lowest BCUT2D eigenvalue weighted by atomic mass is 10.2. The molecule has 27 heavy (non-hydrogen) atoms. The summed E-state index contributed by atoms with van der Waals surface area (Å²) in [5.74, 6) is 0.123. The van der Waals surface area contributed by atoms with Crippen molar-refractivity contribution < 1.29 is 14.3 Å². The van der Waals surface area contributed by atoms with Crippen molar-refractivity contribution in [2.24, 2.45) is 7.05 Å². The number of amides is 2. The number of benzene rings is 1. The number of rotatable bonds is 5. The quantitative estimate of drug-likeness (QED) is 0.809. The zero-order valence-corrected chi connectivity index (χ0v) is 15.7. The van der Waals surface area contributed by atoms with E-state index in [1.807, 2.05) is 48.5 Å². The van der Waals surface area contributed by atoms with Crippen molar-refractivity contribution in [3.8, 4) is 0 Å². The first-order valence-corrected chi connectivity index (χ1v) is 9.33. The molecule has 7 nitrogen and oxygen atoms in total. The predicted molar refractivity (Wildman–Crippen MR) is 101 cm³/mol. The van der Waals surface area contributed by atoms with Crippen LogP contribution >= 0.6 is 0 Å². The second-order valence-corrected chi connectivity index (χ2v) is 6.78. The molecule has 2 heterocycles. The fraction of sp³-hybridized carbons (Fsp3) is 0.450. The summed E-state index contributed by atoms with van der Waals surface area (Å²) in [6.45, 7) is 2.61. The molecule has 2 aromatic rings.